The summed E-state index contributed by atoms with van der Waals surface area (Å²) in [6, 6.07) is 9.59. The number of hydroxylamine groups is 1. The second-order valence-corrected chi connectivity index (χ2v) is 3.17. The van der Waals surface area contributed by atoms with Crippen LogP contribution < -0.4 is 10.2 Å². The lowest BCUT2D eigenvalue weighted by Gasteiger charge is -2.06. The van der Waals surface area contributed by atoms with Crippen molar-refractivity contribution in [3.8, 4) is 5.75 Å². The highest BCUT2D eigenvalue weighted by Crippen LogP contribution is 2.23. The van der Waals surface area contributed by atoms with E-state index in [1.165, 1.54) is 0 Å². The predicted molar refractivity (Wildman–Crippen MR) is 56.9 cm³/mol. The van der Waals surface area contributed by atoms with E-state index in [1.54, 1.807) is 7.11 Å². The molecule has 0 aliphatic carbocycles. The van der Waals surface area contributed by atoms with E-state index in [9.17, 15) is 0 Å². The molecule has 0 aliphatic rings. The molecule has 78 valence electrons. The Morgan fingerprint density at radius 3 is 2.93 bits per heavy atom. The Morgan fingerprint density at radius 2 is 2.20 bits per heavy atom. The molecule has 1 aromatic carbocycles. The van der Waals surface area contributed by atoms with Gasteiger partial charge in [-0.3, -0.25) is 0 Å². The van der Waals surface area contributed by atoms with E-state index >= 15 is 0 Å². The van der Waals surface area contributed by atoms with E-state index < -0.39 is 0 Å². The molecule has 15 heavy (non-hydrogen) atoms. The van der Waals surface area contributed by atoms with E-state index in [1.807, 2.05) is 30.3 Å². The van der Waals surface area contributed by atoms with E-state index in [-0.39, 0.29) is 0 Å². The molecular formula is C11H12N2O2. The van der Waals surface area contributed by atoms with Gasteiger partial charge in [-0.05, 0) is 12.1 Å². The van der Waals surface area contributed by atoms with Crippen LogP contribution in [0.15, 0.2) is 30.3 Å². The van der Waals surface area contributed by atoms with Crippen LogP contribution in [-0.2, 0) is 6.54 Å². The fourth-order valence-electron chi connectivity index (χ4n) is 1.50. The molecule has 0 unspecified atom stereocenters. The van der Waals surface area contributed by atoms with Crippen molar-refractivity contribution in [2.75, 3.05) is 7.11 Å². The molecule has 1 aromatic heterocycles. The first-order valence-corrected chi connectivity index (χ1v) is 4.65. The molecule has 0 radical (unpaired) electrons. The lowest BCUT2D eigenvalue weighted by atomic mass is 10.2. The molecular weight excluding hydrogens is 192 g/mol. The zero-order chi connectivity index (χ0) is 10.7. The number of nitrogens with zero attached hydrogens (tertiary/aromatic N) is 1. The molecule has 4 heteroatoms. The van der Waals surface area contributed by atoms with Crippen molar-refractivity contribution in [3.63, 3.8) is 0 Å². The average Bonchev–Trinajstić information content (AvgIpc) is 2.28. The molecule has 0 atom stereocenters. The first kappa shape index (κ1) is 9.89. The van der Waals surface area contributed by atoms with Crippen LogP contribution in [0.2, 0.25) is 0 Å². The molecule has 4 nitrogen and oxygen atoms in total. The molecule has 0 aliphatic heterocycles. The van der Waals surface area contributed by atoms with Crippen LogP contribution in [0.25, 0.3) is 10.9 Å². The van der Waals surface area contributed by atoms with Crippen LogP contribution in [0.3, 0.4) is 0 Å². The van der Waals surface area contributed by atoms with Crippen molar-refractivity contribution < 1.29 is 9.94 Å². The van der Waals surface area contributed by atoms with Crippen molar-refractivity contribution in [2.24, 2.45) is 0 Å². The van der Waals surface area contributed by atoms with Crippen molar-refractivity contribution >= 4 is 10.9 Å². The average molecular weight is 204 g/mol. The normalized spacial score (nSPS) is 10.5. The standard InChI is InChI=1S/C11H12N2O2/c1-15-10-4-2-3-8-5-6-9(7-12-14)13-11(8)10/h2-6,12,14H,7H2,1H3. The van der Waals surface area contributed by atoms with Crippen LogP contribution >= 0.6 is 0 Å². The fraction of sp³-hybridized carbons (Fsp3) is 0.182. The molecule has 2 N–H and O–H groups in total. The van der Waals surface area contributed by atoms with Crippen LogP contribution in [0, 0.1) is 0 Å². The van der Waals surface area contributed by atoms with Gasteiger partial charge in [0.25, 0.3) is 0 Å². The summed E-state index contributed by atoms with van der Waals surface area (Å²) >= 11 is 0. The summed E-state index contributed by atoms with van der Waals surface area (Å²) in [4.78, 5) is 4.39. The van der Waals surface area contributed by atoms with Crippen LogP contribution in [0.5, 0.6) is 5.75 Å². The zero-order valence-electron chi connectivity index (χ0n) is 8.40. The number of aromatic nitrogens is 1. The van der Waals surface area contributed by atoms with Crippen LogP contribution in [0.1, 0.15) is 5.69 Å². The Labute approximate surface area is 87.5 Å². The Hall–Kier alpha value is -1.65. The summed E-state index contributed by atoms with van der Waals surface area (Å²) in [7, 11) is 1.62. The van der Waals surface area contributed by atoms with Gasteiger partial charge in [0.05, 0.1) is 19.3 Å². The Kier molecular flexibility index (Phi) is 2.80. The lowest BCUT2D eigenvalue weighted by molar-refractivity contribution is 0.160. The monoisotopic (exact) mass is 204 g/mol. The number of nitrogens with one attached hydrogen (secondary N) is 1. The molecule has 0 spiro atoms. The summed E-state index contributed by atoms with van der Waals surface area (Å²) in [6.07, 6.45) is 0. The van der Waals surface area contributed by atoms with Gasteiger partial charge in [-0.25, -0.2) is 4.98 Å². The van der Waals surface area contributed by atoms with Crippen molar-refractivity contribution in [3.05, 3.63) is 36.0 Å². The topological polar surface area (TPSA) is 54.4 Å². The van der Waals surface area contributed by atoms with E-state index in [2.05, 4.69) is 10.5 Å². The number of hydrogen-bond donors (Lipinski definition) is 2. The van der Waals surface area contributed by atoms with Crippen molar-refractivity contribution in [1.29, 1.82) is 0 Å². The van der Waals surface area contributed by atoms with Crippen molar-refractivity contribution in [2.45, 2.75) is 6.54 Å². The van der Waals surface area contributed by atoms with Gasteiger partial charge >= 0.3 is 0 Å². The summed E-state index contributed by atoms with van der Waals surface area (Å²) in [5, 5.41) is 9.62. The van der Waals surface area contributed by atoms with Gasteiger partial charge in [0.2, 0.25) is 0 Å². The first-order valence-electron chi connectivity index (χ1n) is 4.65. The van der Waals surface area contributed by atoms with Crippen LogP contribution in [-0.4, -0.2) is 17.3 Å². The SMILES string of the molecule is COc1cccc2ccc(CNO)nc12. The molecule has 0 fully saturated rings. The van der Waals surface area contributed by atoms with Gasteiger partial charge in [0, 0.05) is 5.39 Å². The lowest BCUT2D eigenvalue weighted by Crippen LogP contribution is -2.07. The third kappa shape index (κ3) is 1.91. The minimum absolute atomic E-state index is 0.327. The second-order valence-electron chi connectivity index (χ2n) is 3.17. The van der Waals surface area contributed by atoms with E-state index in [0.717, 1.165) is 22.3 Å². The number of hydrogen-bond acceptors (Lipinski definition) is 4. The highest BCUT2D eigenvalue weighted by Gasteiger charge is 2.03. The van der Waals surface area contributed by atoms with Gasteiger partial charge < -0.3 is 9.94 Å². The summed E-state index contributed by atoms with van der Waals surface area (Å²) in [5.74, 6) is 0.743. The summed E-state index contributed by atoms with van der Waals surface area (Å²) < 4.78 is 5.22. The fourth-order valence-corrected chi connectivity index (χ4v) is 1.50. The number of fused-ring (bicyclic) bond motifs is 1. The number of ether oxygens (including phenoxy) is 1. The Balaban J connectivity index is 2.57. The minimum Gasteiger partial charge on any atom is -0.494 e. The maximum atomic E-state index is 8.60. The molecule has 2 aromatic rings. The van der Waals surface area contributed by atoms with Crippen molar-refractivity contribution in [1.82, 2.24) is 10.5 Å². The van der Waals surface area contributed by atoms with E-state index in [4.69, 9.17) is 9.94 Å². The van der Waals surface area contributed by atoms with Crippen LogP contribution in [0.4, 0.5) is 0 Å². The number of pyridine rings is 1. The maximum Gasteiger partial charge on any atom is 0.145 e. The quantitative estimate of drug-likeness (QED) is 0.747. The summed E-state index contributed by atoms with van der Waals surface area (Å²) in [5.41, 5.74) is 3.67. The van der Waals surface area contributed by atoms with Gasteiger partial charge in [-0.2, -0.15) is 5.48 Å². The number of methoxy groups -OCH3 is 1. The Bertz CT molecular complexity index is 471. The molecule has 1 heterocycles. The van der Waals surface area contributed by atoms with Gasteiger partial charge in [0.15, 0.2) is 0 Å². The highest BCUT2D eigenvalue weighted by atomic mass is 16.5. The molecule has 0 saturated heterocycles. The Morgan fingerprint density at radius 1 is 1.33 bits per heavy atom. The number of para-hydroxylation sites is 1. The smallest absolute Gasteiger partial charge is 0.145 e. The third-order valence-corrected chi connectivity index (χ3v) is 2.22. The molecule has 2 rings (SSSR count). The molecule has 0 amide bonds. The van der Waals surface area contributed by atoms with Gasteiger partial charge in [-0.1, -0.05) is 18.2 Å². The molecule has 0 saturated carbocycles. The molecule has 0 bridgehead atoms. The van der Waals surface area contributed by atoms with Gasteiger partial charge in [-0.15, -0.1) is 0 Å². The number of rotatable bonds is 3. The zero-order valence-corrected chi connectivity index (χ0v) is 8.40. The van der Waals surface area contributed by atoms with Gasteiger partial charge in [0.1, 0.15) is 11.3 Å². The largest absolute Gasteiger partial charge is 0.494 e. The highest BCUT2D eigenvalue weighted by molar-refractivity contribution is 5.84. The second kappa shape index (κ2) is 4.25. The van der Waals surface area contributed by atoms with E-state index in [0.29, 0.717) is 6.54 Å². The maximum absolute atomic E-state index is 8.60. The number of benzene rings is 1. The third-order valence-electron chi connectivity index (χ3n) is 2.22. The minimum atomic E-state index is 0.327. The summed E-state index contributed by atoms with van der Waals surface area (Å²) in [6.45, 7) is 0.327. The first-order chi connectivity index (χ1) is 7.35. The predicted octanol–water partition coefficient (Wildman–Crippen LogP) is 1.72.